The van der Waals surface area contributed by atoms with E-state index in [1.807, 2.05) is 13.8 Å². The first kappa shape index (κ1) is 16.6. The molecule has 0 aromatic heterocycles. The third-order valence-electron chi connectivity index (χ3n) is 2.70. The predicted octanol–water partition coefficient (Wildman–Crippen LogP) is 2.30. The lowest BCUT2D eigenvalue weighted by Crippen LogP contribution is -2.21. The first-order valence-corrected chi connectivity index (χ1v) is 6.98. The molecule has 5 nitrogen and oxygen atoms in total. The molecule has 1 rings (SSSR count). The number of aliphatic hydroxyl groups is 1. The molecule has 1 amide bonds. The molecule has 0 aliphatic carbocycles. The summed E-state index contributed by atoms with van der Waals surface area (Å²) in [5.41, 5.74) is 1.41. The van der Waals surface area contributed by atoms with E-state index in [1.165, 1.54) is 7.11 Å². The Kier molecular flexibility index (Phi) is 6.61. The normalized spacial score (nSPS) is 12.1. The highest BCUT2D eigenvalue weighted by Gasteiger charge is 2.11. The van der Waals surface area contributed by atoms with Gasteiger partial charge in [-0.1, -0.05) is 13.8 Å². The molecule has 0 aliphatic heterocycles. The van der Waals surface area contributed by atoms with E-state index in [1.54, 1.807) is 18.2 Å². The summed E-state index contributed by atoms with van der Waals surface area (Å²) in [6.07, 6.45) is -0.608. The van der Waals surface area contributed by atoms with Crippen molar-refractivity contribution in [3.05, 3.63) is 18.2 Å². The number of halogens is 1. The molecule has 0 spiro atoms. The van der Waals surface area contributed by atoms with Crippen molar-refractivity contribution in [3.63, 3.8) is 0 Å². The highest BCUT2D eigenvalue weighted by molar-refractivity contribution is 6.18. The van der Waals surface area contributed by atoms with Crippen LogP contribution in [0.2, 0.25) is 0 Å². The molecular formula is C14H21ClN2O3. The number of ether oxygens (including phenoxy) is 1. The summed E-state index contributed by atoms with van der Waals surface area (Å²) >= 11 is 5.53. The fourth-order valence-corrected chi connectivity index (χ4v) is 1.58. The molecule has 0 fully saturated rings. The number of benzene rings is 1. The third kappa shape index (κ3) is 4.90. The van der Waals surface area contributed by atoms with Gasteiger partial charge in [-0.05, 0) is 12.1 Å². The summed E-state index contributed by atoms with van der Waals surface area (Å²) in [5.74, 6) is 0.564. The molecule has 1 aromatic carbocycles. The molecule has 0 radical (unpaired) electrons. The van der Waals surface area contributed by atoms with Crippen molar-refractivity contribution in [2.45, 2.75) is 20.0 Å². The van der Waals surface area contributed by atoms with Crippen LogP contribution in [0.5, 0.6) is 5.75 Å². The van der Waals surface area contributed by atoms with Gasteiger partial charge in [0.1, 0.15) is 5.75 Å². The van der Waals surface area contributed by atoms with Crippen LogP contribution in [0.3, 0.4) is 0 Å². The molecule has 0 saturated carbocycles. The van der Waals surface area contributed by atoms with Gasteiger partial charge in [0.15, 0.2) is 0 Å². The predicted molar refractivity (Wildman–Crippen MR) is 81.7 cm³/mol. The Morgan fingerprint density at radius 1 is 1.45 bits per heavy atom. The van der Waals surface area contributed by atoms with Crippen LogP contribution >= 0.6 is 11.6 Å². The molecule has 6 heteroatoms. The summed E-state index contributed by atoms with van der Waals surface area (Å²) in [5, 5.41) is 15.2. The third-order valence-corrected chi connectivity index (χ3v) is 3.06. The van der Waals surface area contributed by atoms with Gasteiger partial charge < -0.3 is 20.5 Å². The molecule has 1 unspecified atom stereocenters. The van der Waals surface area contributed by atoms with Gasteiger partial charge in [0.05, 0.1) is 24.8 Å². The maximum atomic E-state index is 11.7. The number of aliphatic hydroxyl groups excluding tert-OH is 1. The van der Waals surface area contributed by atoms with Crippen LogP contribution in [0.4, 0.5) is 11.4 Å². The zero-order valence-electron chi connectivity index (χ0n) is 11.9. The van der Waals surface area contributed by atoms with E-state index in [0.29, 0.717) is 18.0 Å². The van der Waals surface area contributed by atoms with E-state index in [-0.39, 0.29) is 17.7 Å². The summed E-state index contributed by atoms with van der Waals surface area (Å²) in [6, 6.07) is 5.32. The number of rotatable bonds is 7. The van der Waals surface area contributed by atoms with Gasteiger partial charge in [-0.15, -0.1) is 11.6 Å². The lowest BCUT2D eigenvalue weighted by Gasteiger charge is -2.15. The van der Waals surface area contributed by atoms with Gasteiger partial charge in [0.25, 0.3) is 0 Å². The summed E-state index contributed by atoms with van der Waals surface area (Å²) in [6.45, 7) is 4.00. The number of carbonyl (C=O) groups is 1. The van der Waals surface area contributed by atoms with E-state index in [4.69, 9.17) is 16.3 Å². The molecule has 0 heterocycles. The van der Waals surface area contributed by atoms with Crippen LogP contribution in [-0.4, -0.2) is 36.7 Å². The maximum absolute atomic E-state index is 11.7. The quantitative estimate of drug-likeness (QED) is 0.676. The number of carbonyl (C=O) groups excluding carboxylic acids is 1. The average Bonchev–Trinajstić information content (AvgIpc) is 2.45. The van der Waals surface area contributed by atoms with E-state index in [2.05, 4.69) is 10.6 Å². The molecule has 3 N–H and O–H groups in total. The second kappa shape index (κ2) is 7.97. The first-order chi connectivity index (χ1) is 9.47. The van der Waals surface area contributed by atoms with E-state index >= 15 is 0 Å². The molecule has 0 aliphatic rings. The number of amides is 1. The van der Waals surface area contributed by atoms with Crippen molar-refractivity contribution in [1.82, 2.24) is 0 Å². The summed E-state index contributed by atoms with van der Waals surface area (Å²) in [7, 11) is 1.54. The van der Waals surface area contributed by atoms with E-state index in [0.717, 1.165) is 5.69 Å². The Hall–Kier alpha value is -1.46. The molecule has 1 atom stereocenters. The minimum absolute atomic E-state index is 0.0680. The van der Waals surface area contributed by atoms with Crippen LogP contribution < -0.4 is 15.4 Å². The van der Waals surface area contributed by atoms with Crippen LogP contribution in [-0.2, 0) is 4.79 Å². The average molecular weight is 301 g/mol. The van der Waals surface area contributed by atoms with Crippen molar-refractivity contribution in [3.8, 4) is 5.75 Å². The number of hydrogen-bond acceptors (Lipinski definition) is 4. The Bertz CT molecular complexity index is 452. The van der Waals surface area contributed by atoms with Crippen LogP contribution in [0.1, 0.15) is 13.8 Å². The van der Waals surface area contributed by atoms with Crippen molar-refractivity contribution < 1.29 is 14.6 Å². The minimum atomic E-state index is -0.608. The number of anilines is 2. The van der Waals surface area contributed by atoms with Gasteiger partial charge in [-0.25, -0.2) is 0 Å². The standard InChI is InChI=1S/C14H21ClN2O3/c1-9(2)14(19)17-12-5-4-10(6-13(12)20-3)16-8-11(18)7-15/h4-6,9,11,16,18H,7-8H2,1-3H3,(H,17,19). The molecule has 0 bridgehead atoms. The van der Waals surface area contributed by atoms with Crippen molar-refractivity contribution >= 4 is 28.9 Å². The smallest absolute Gasteiger partial charge is 0.227 e. The fourth-order valence-electron chi connectivity index (χ4n) is 1.47. The SMILES string of the molecule is COc1cc(NCC(O)CCl)ccc1NC(=O)C(C)C. The number of nitrogens with one attached hydrogen (secondary N) is 2. The second-order valence-electron chi connectivity index (χ2n) is 4.75. The molecule has 1 aromatic rings. The topological polar surface area (TPSA) is 70.6 Å². The zero-order chi connectivity index (χ0) is 15.1. The van der Waals surface area contributed by atoms with Crippen molar-refractivity contribution in [1.29, 1.82) is 0 Å². The highest BCUT2D eigenvalue weighted by atomic mass is 35.5. The molecule has 0 saturated heterocycles. The lowest BCUT2D eigenvalue weighted by molar-refractivity contribution is -0.118. The minimum Gasteiger partial charge on any atom is -0.494 e. The molecule has 112 valence electrons. The monoisotopic (exact) mass is 300 g/mol. The lowest BCUT2D eigenvalue weighted by atomic mass is 10.2. The molecule has 20 heavy (non-hydrogen) atoms. The Balaban J connectivity index is 2.77. The van der Waals surface area contributed by atoms with Crippen LogP contribution in [0.15, 0.2) is 18.2 Å². The van der Waals surface area contributed by atoms with Gasteiger partial charge in [0, 0.05) is 24.2 Å². The second-order valence-corrected chi connectivity index (χ2v) is 5.06. The van der Waals surface area contributed by atoms with E-state index < -0.39 is 6.10 Å². The zero-order valence-corrected chi connectivity index (χ0v) is 12.7. The van der Waals surface area contributed by atoms with Gasteiger partial charge in [-0.3, -0.25) is 4.79 Å². The maximum Gasteiger partial charge on any atom is 0.227 e. The summed E-state index contributed by atoms with van der Waals surface area (Å²) < 4.78 is 5.26. The van der Waals surface area contributed by atoms with Gasteiger partial charge >= 0.3 is 0 Å². The van der Waals surface area contributed by atoms with Crippen LogP contribution in [0, 0.1) is 5.92 Å². The van der Waals surface area contributed by atoms with Gasteiger partial charge in [0.2, 0.25) is 5.91 Å². The number of hydrogen-bond donors (Lipinski definition) is 3. The number of methoxy groups -OCH3 is 1. The first-order valence-electron chi connectivity index (χ1n) is 6.44. The Morgan fingerprint density at radius 3 is 2.70 bits per heavy atom. The van der Waals surface area contributed by atoms with E-state index in [9.17, 15) is 9.90 Å². The Morgan fingerprint density at radius 2 is 2.15 bits per heavy atom. The Labute approximate surface area is 124 Å². The van der Waals surface area contributed by atoms with Crippen LogP contribution in [0.25, 0.3) is 0 Å². The van der Waals surface area contributed by atoms with Crippen molar-refractivity contribution in [2.75, 3.05) is 30.2 Å². The van der Waals surface area contributed by atoms with Crippen molar-refractivity contribution in [2.24, 2.45) is 5.92 Å². The molecular weight excluding hydrogens is 280 g/mol. The highest BCUT2D eigenvalue weighted by Crippen LogP contribution is 2.28. The number of alkyl halides is 1. The summed E-state index contributed by atoms with van der Waals surface area (Å²) in [4.78, 5) is 11.7. The fraction of sp³-hybridized carbons (Fsp3) is 0.500. The van der Waals surface area contributed by atoms with Gasteiger partial charge in [-0.2, -0.15) is 0 Å². The largest absolute Gasteiger partial charge is 0.494 e.